The number of aromatic nitrogens is 1. The molecule has 3 nitrogen and oxygen atoms in total. The zero-order chi connectivity index (χ0) is 13.1. The first kappa shape index (κ1) is 12.4. The summed E-state index contributed by atoms with van der Waals surface area (Å²) >= 11 is 0. The van der Waals surface area contributed by atoms with Crippen molar-refractivity contribution >= 4 is 5.82 Å². The van der Waals surface area contributed by atoms with Gasteiger partial charge in [-0.05, 0) is 29.3 Å². The van der Waals surface area contributed by atoms with Gasteiger partial charge in [0, 0.05) is 12.6 Å². The number of hydrogen-bond acceptors (Lipinski definition) is 3. The van der Waals surface area contributed by atoms with E-state index in [0.717, 1.165) is 12.1 Å². The van der Waals surface area contributed by atoms with Crippen molar-refractivity contribution in [1.29, 1.82) is 0 Å². The lowest BCUT2D eigenvalue weighted by molar-refractivity contribution is 0.178. The number of hydrogen-bond donors (Lipinski definition) is 2. The summed E-state index contributed by atoms with van der Waals surface area (Å²) in [6.45, 7) is 0. The molecular weight excluding hydrogens is 238 g/mol. The molecule has 1 atom stereocenters. The van der Waals surface area contributed by atoms with Gasteiger partial charge in [0.1, 0.15) is 5.82 Å². The molecule has 1 unspecified atom stereocenters. The molecule has 1 aromatic carbocycles. The zero-order valence-corrected chi connectivity index (χ0v) is 9.48. The van der Waals surface area contributed by atoms with Crippen LogP contribution >= 0.6 is 0 Å². The Bertz CT molecular complexity index is 560. The van der Waals surface area contributed by atoms with Crippen molar-refractivity contribution in [2.75, 3.05) is 5.73 Å². The van der Waals surface area contributed by atoms with Crippen LogP contribution in [0.25, 0.3) is 0 Å². The minimum atomic E-state index is -0.981. The van der Waals surface area contributed by atoms with Crippen molar-refractivity contribution < 1.29 is 13.9 Å². The summed E-state index contributed by atoms with van der Waals surface area (Å²) in [5.41, 5.74) is 6.61. The van der Waals surface area contributed by atoms with Crippen LogP contribution in [0.1, 0.15) is 17.2 Å². The highest BCUT2D eigenvalue weighted by Gasteiger charge is 2.13. The fraction of sp³-hybridized carbons (Fsp3) is 0.154. The molecule has 0 fully saturated rings. The van der Waals surface area contributed by atoms with Crippen molar-refractivity contribution in [2.24, 2.45) is 0 Å². The summed E-state index contributed by atoms with van der Waals surface area (Å²) in [5, 5.41) is 9.94. The van der Waals surface area contributed by atoms with Gasteiger partial charge in [-0.15, -0.1) is 0 Å². The number of nitrogens with zero attached hydrogens (tertiary/aromatic N) is 1. The van der Waals surface area contributed by atoms with Crippen LogP contribution < -0.4 is 5.73 Å². The Morgan fingerprint density at radius 3 is 2.67 bits per heavy atom. The number of aliphatic hydroxyl groups is 1. The molecule has 0 saturated carbocycles. The SMILES string of the molecule is Nc1ncccc1CC(O)c1ccc(F)c(F)c1. The smallest absolute Gasteiger partial charge is 0.159 e. The lowest BCUT2D eigenvalue weighted by Gasteiger charge is -2.12. The van der Waals surface area contributed by atoms with Crippen LogP contribution in [0.15, 0.2) is 36.5 Å². The van der Waals surface area contributed by atoms with Crippen LogP contribution in [-0.4, -0.2) is 10.1 Å². The van der Waals surface area contributed by atoms with E-state index in [1.54, 1.807) is 18.3 Å². The van der Waals surface area contributed by atoms with Crippen molar-refractivity contribution in [3.8, 4) is 0 Å². The van der Waals surface area contributed by atoms with Crippen LogP contribution in [0.2, 0.25) is 0 Å². The molecule has 0 spiro atoms. The third kappa shape index (κ3) is 2.62. The van der Waals surface area contributed by atoms with Gasteiger partial charge in [0.05, 0.1) is 6.10 Å². The van der Waals surface area contributed by atoms with Gasteiger partial charge in [-0.1, -0.05) is 12.1 Å². The second-order valence-corrected chi connectivity index (χ2v) is 3.94. The highest BCUT2D eigenvalue weighted by atomic mass is 19.2. The Kier molecular flexibility index (Phi) is 3.53. The van der Waals surface area contributed by atoms with Gasteiger partial charge >= 0.3 is 0 Å². The van der Waals surface area contributed by atoms with Crippen LogP contribution in [0.5, 0.6) is 0 Å². The summed E-state index contributed by atoms with van der Waals surface area (Å²) in [5.74, 6) is -1.60. The molecule has 5 heteroatoms. The topological polar surface area (TPSA) is 59.1 Å². The molecule has 0 bridgehead atoms. The maximum absolute atomic E-state index is 13.0. The van der Waals surface area contributed by atoms with Gasteiger partial charge < -0.3 is 10.8 Å². The van der Waals surface area contributed by atoms with E-state index in [1.807, 2.05) is 0 Å². The predicted octanol–water partition coefficient (Wildman–Crippen LogP) is 2.22. The van der Waals surface area contributed by atoms with E-state index < -0.39 is 17.7 Å². The van der Waals surface area contributed by atoms with E-state index in [1.165, 1.54) is 6.07 Å². The maximum atomic E-state index is 13.0. The van der Waals surface area contributed by atoms with Gasteiger partial charge in [0.25, 0.3) is 0 Å². The molecule has 0 aliphatic heterocycles. The lowest BCUT2D eigenvalue weighted by atomic mass is 10.0. The lowest BCUT2D eigenvalue weighted by Crippen LogP contribution is -2.06. The molecule has 1 aromatic heterocycles. The van der Waals surface area contributed by atoms with Gasteiger partial charge in [0.15, 0.2) is 11.6 Å². The Balaban J connectivity index is 2.19. The quantitative estimate of drug-likeness (QED) is 0.878. The molecule has 18 heavy (non-hydrogen) atoms. The zero-order valence-electron chi connectivity index (χ0n) is 9.48. The Morgan fingerprint density at radius 1 is 1.22 bits per heavy atom. The van der Waals surface area contributed by atoms with Crippen LogP contribution in [-0.2, 0) is 6.42 Å². The maximum Gasteiger partial charge on any atom is 0.159 e. The van der Waals surface area contributed by atoms with Gasteiger partial charge in [-0.2, -0.15) is 0 Å². The van der Waals surface area contributed by atoms with Gasteiger partial charge in [-0.3, -0.25) is 0 Å². The first-order chi connectivity index (χ1) is 8.58. The highest BCUT2D eigenvalue weighted by molar-refractivity contribution is 5.39. The number of nitrogen functional groups attached to an aromatic ring is 1. The summed E-state index contributed by atoms with van der Waals surface area (Å²) in [7, 11) is 0. The van der Waals surface area contributed by atoms with E-state index in [0.29, 0.717) is 16.9 Å². The van der Waals surface area contributed by atoms with E-state index in [4.69, 9.17) is 5.73 Å². The van der Waals surface area contributed by atoms with E-state index >= 15 is 0 Å². The molecule has 0 saturated heterocycles. The number of rotatable bonds is 3. The summed E-state index contributed by atoms with van der Waals surface area (Å²) in [6.07, 6.45) is 0.791. The van der Waals surface area contributed by atoms with Crippen molar-refractivity contribution in [1.82, 2.24) is 4.98 Å². The molecule has 1 heterocycles. The van der Waals surface area contributed by atoms with Gasteiger partial charge in [-0.25, -0.2) is 13.8 Å². The number of pyridine rings is 1. The number of halogens is 2. The van der Waals surface area contributed by atoms with Crippen molar-refractivity contribution in [2.45, 2.75) is 12.5 Å². The number of anilines is 1. The molecule has 2 rings (SSSR count). The predicted molar refractivity (Wildman–Crippen MR) is 63.7 cm³/mol. The first-order valence-electron chi connectivity index (χ1n) is 5.40. The normalized spacial score (nSPS) is 12.4. The Labute approximate surface area is 103 Å². The first-order valence-corrected chi connectivity index (χ1v) is 5.40. The summed E-state index contributed by atoms with van der Waals surface area (Å²) in [6, 6.07) is 6.73. The summed E-state index contributed by atoms with van der Waals surface area (Å²) < 4.78 is 25.8. The molecule has 0 aliphatic rings. The van der Waals surface area contributed by atoms with E-state index in [2.05, 4.69) is 4.98 Å². The van der Waals surface area contributed by atoms with Crippen LogP contribution in [0.4, 0.5) is 14.6 Å². The molecule has 0 amide bonds. The third-order valence-electron chi connectivity index (χ3n) is 2.67. The monoisotopic (exact) mass is 250 g/mol. The molecule has 0 radical (unpaired) electrons. The average molecular weight is 250 g/mol. The second kappa shape index (κ2) is 5.10. The third-order valence-corrected chi connectivity index (χ3v) is 2.67. The van der Waals surface area contributed by atoms with Crippen molar-refractivity contribution in [3.05, 3.63) is 59.3 Å². The number of benzene rings is 1. The average Bonchev–Trinajstić information content (AvgIpc) is 2.35. The molecular formula is C13H12F2N2O. The van der Waals surface area contributed by atoms with E-state index in [-0.39, 0.29) is 6.42 Å². The fourth-order valence-corrected chi connectivity index (χ4v) is 1.67. The van der Waals surface area contributed by atoms with Gasteiger partial charge in [0.2, 0.25) is 0 Å². The molecule has 0 aliphatic carbocycles. The highest BCUT2D eigenvalue weighted by Crippen LogP contribution is 2.22. The van der Waals surface area contributed by atoms with Crippen molar-refractivity contribution in [3.63, 3.8) is 0 Å². The standard InChI is InChI=1S/C13H12F2N2O/c14-10-4-3-8(6-11(10)15)12(18)7-9-2-1-5-17-13(9)16/h1-6,12,18H,7H2,(H2,16,17). The summed E-state index contributed by atoms with van der Waals surface area (Å²) in [4.78, 5) is 3.89. The largest absolute Gasteiger partial charge is 0.388 e. The molecule has 94 valence electrons. The molecule has 2 aromatic rings. The fourth-order valence-electron chi connectivity index (χ4n) is 1.67. The molecule has 3 N–H and O–H groups in total. The minimum absolute atomic E-state index is 0.199. The van der Waals surface area contributed by atoms with E-state index in [9.17, 15) is 13.9 Å². The van der Waals surface area contributed by atoms with Crippen LogP contribution in [0, 0.1) is 11.6 Å². The second-order valence-electron chi connectivity index (χ2n) is 3.94. The van der Waals surface area contributed by atoms with Crippen LogP contribution in [0.3, 0.4) is 0 Å². The number of aliphatic hydroxyl groups excluding tert-OH is 1. The Morgan fingerprint density at radius 2 is 2.00 bits per heavy atom. The Hall–Kier alpha value is -2.01. The minimum Gasteiger partial charge on any atom is -0.388 e. The number of nitrogens with two attached hydrogens (primary N) is 1.